The quantitative estimate of drug-likeness (QED) is 0.744. The van der Waals surface area contributed by atoms with E-state index in [0.717, 1.165) is 11.8 Å². The van der Waals surface area contributed by atoms with Crippen LogP contribution in [-0.4, -0.2) is 26.4 Å². The van der Waals surface area contributed by atoms with Crippen molar-refractivity contribution in [2.24, 2.45) is 11.8 Å². The van der Waals surface area contributed by atoms with Gasteiger partial charge in [-0.3, -0.25) is 0 Å². The molecule has 2 saturated carbocycles. The number of methoxy groups -OCH3 is 2. The van der Waals surface area contributed by atoms with Gasteiger partial charge in [-0.05, 0) is 56.8 Å². The summed E-state index contributed by atoms with van der Waals surface area (Å²) in [5.41, 5.74) is 0. The Bertz CT molecular complexity index is 209. The van der Waals surface area contributed by atoms with E-state index in [-0.39, 0.29) is 0 Å². The molecule has 0 aromatic rings. The van der Waals surface area contributed by atoms with Crippen LogP contribution in [0.1, 0.15) is 57.8 Å². The Morgan fingerprint density at radius 2 is 1.47 bits per heavy atom. The van der Waals surface area contributed by atoms with Gasteiger partial charge in [-0.25, -0.2) is 0 Å². The van der Waals surface area contributed by atoms with Crippen molar-refractivity contribution in [2.45, 2.75) is 70.0 Å². The summed E-state index contributed by atoms with van der Waals surface area (Å²) in [6.45, 7) is 0. The Kier molecular flexibility index (Phi) is 5.30. The Morgan fingerprint density at radius 1 is 0.765 bits per heavy atom. The maximum Gasteiger partial charge on any atom is 0.0574 e. The number of hydrogen-bond donors (Lipinski definition) is 0. The smallest absolute Gasteiger partial charge is 0.0574 e. The van der Waals surface area contributed by atoms with E-state index in [1.165, 1.54) is 57.8 Å². The second-order valence-electron chi connectivity index (χ2n) is 6.00. The van der Waals surface area contributed by atoms with E-state index < -0.39 is 0 Å². The van der Waals surface area contributed by atoms with E-state index >= 15 is 0 Å². The SMILES string of the molecule is COC1CCC(CC2CCCC(OC)C2)CC1. The maximum atomic E-state index is 5.52. The third kappa shape index (κ3) is 3.96. The highest BCUT2D eigenvalue weighted by Gasteiger charge is 2.27. The predicted octanol–water partition coefficient (Wildman–Crippen LogP) is 3.79. The summed E-state index contributed by atoms with van der Waals surface area (Å²) in [7, 11) is 3.73. The highest BCUT2D eigenvalue weighted by Crippen LogP contribution is 2.36. The van der Waals surface area contributed by atoms with Gasteiger partial charge >= 0.3 is 0 Å². The number of ether oxygens (including phenoxy) is 2. The molecule has 100 valence electrons. The molecule has 0 bridgehead atoms. The molecule has 2 heteroatoms. The van der Waals surface area contributed by atoms with E-state index in [1.807, 2.05) is 14.2 Å². The van der Waals surface area contributed by atoms with Gasteiger partial charge < -0.3 is 9.47 Å². The van der Waals surface area contributed by atoms with Gasteiger partial charge in [-0.1, -0.05) is 12.8 Å². The Balaban J connectivity index is 1.70. The third-order valence-corrected chi connectivity index (χ3v) is 4.86. The molecule has 0 heterocycles. The van der Waals surface area contributed by atoms with Crippen molar-refractivity contribution < 1.29 is 9.47 Å². The third-order valence-electron chi connectivity index (χ3n) is 4.86. The average molecular weight is 240 g/mol. The summed E-state index contributed by atoms with van der Waals surface area (Å²) >= 11 is 0. The van der Waals surface area contributed by atoms with E-state index in [0.29, 0.717) is 12.2 Å². The van der Waals surface area contributed by atoms with Crippen molar-refractivity contribution in [2.75, 3.05) is 14.2 Å². The average Bonchev–Trinajstić information content (AvgIpc) is 2.40. The van der Waals surface area contributed by atoms with Gasteiger partial charge in [-0.15, -0.1) is 0 Å². The summed E-state index contributed by atoms with van der Waals surface area (Å²) in [6, 6.07) is 0. The lowest BCUT2D eigenvalue weighted by atomic mass is 9.76. The molecule has 17 heavy (non-hydrogen) atoms. The molecule has 0 aromatic carbocycles. The molecule has 2 aliphatic carbocycles. The van der Waals surface area contributed by atoms with Crippen molar-refractivity contribution in [3.8, 4) is 0 Å². The van der Waals surface area contributed by atoms with Crippen LogP contribution in [0.5, 0.6) is 0 Å². The summed E-state index contributed by atoms with van der Waals surface area (Å²) in [5, 5.41) is 0. The summed E-state index contributed by atoms with van der Waals surface area (Å²) in [5.74, 6) is 1.89. The fraction of sp³-hybridized carbons (Fsp3) is 1.00. The molecule has 2 nitrogen and oxygen atoms in total. The topological polar surface area (TPSA) is 18.5 Å². The van der Waals surface area contributed by atoms with Gasteiger partial charge in [-0.2, -0.15) is 0 Å². The van der Waals surface area contributed by atoms with Gasteiger partial charge in [0.25, 0.3) is 0 Å². The molecule has 2 rings (SSSR count). The zero-order valence-electron chi connectivity index (χ0n) is 11.5. The van der Waals surface area contributed by atoms with Crippen LogP contribution in [0.15, 0.2) is 0 Å². The lowest BCUT2D eigenvalue weighted by Crippen LogP contribution is -2.26. The Hall–Kier alpha value is -0.0800. The molecule has 0 saturated heterocycles. The van der Waals surface area contributed by atoms with Gasteiger partial charge in [0.05, 0.1) is 12.2 Å². The van der Waals surface area contributed by atoms with Gasteiger partial charge in [0.2, 0.25) is 0 Å². The molecule has 0 amide bonds. The van der Waals surface area contributed by atoms with Crippen LogP contribution in [0, 0.1) is 11.8 Å². The Morgan fingerprint density at radius 3 is 2.12 bits per heavy atom. The Labute approximate surface area is 106 Å². The minimum atomic E-state index is 0.545. The van der Waals surface area contributed by atoms with Crippen LogP contribution in [-0.2, 0) is 9.47 Å². The lowest BCUT2D eigenvalue weighted by Gasteiger charge is -2.33. The van der Waals surface area contributed by atoms with Crippen molar-refractivity contribution in [3.63, 3.8) is 0 Å². The predicted molar refractivity (Wildman–Crippen MR) is 70.1 cm³/mol. The van der Waals surface area contributed by atoms with Gasteiger partial charge in [0, 0.05) is 14.2 Å². The van der Waals surface area contributed by atoms with Crippen LogP contribution in [0.3, 0.4) is 0 Å². The molecule has 0 N–H and O–H groups in total. The zero-order valence-corrected chi connectivity index (χ0v) is 11.5. The summed E-state index contributed by atoms with van der Waals surface area (Å²) in [4.78, 5) is 0. The van der Waals surface area contributed by atoms with Crippen LogP contribution < -0.4 is 0 Å². The van der Waals surface area contributed by atoms with Crippen LogP contribution in [0.2, 0.25) is 0 Å². The fourth-order valence-corrected chi connectivity index (χ4v) is 3.74. The van der Waals surface area contributed by atoms with Crippen LogP contribution >= 0.6 is 0 Å². The van der Waals surface area contributed by atoms with Crippen molar-refractivity contribution in [1.29, 1.82) is 0 Å². The first-order valence-electron chi connectivity index (χ1n) is 7.37. The normalized spacial score (nSPS) is 39.2. The van der Waals surface area contributed by atoms with Gasteiger partial charge in [0.15, 0.2) is 0 Å². The standard InChI is InChI=1S/C15H28O2/c1-16-14-8-6-12(7-9-14)10-13-4-3-5-15(11-13)17-2/h12-15H,3-11H2,1-2H3. The molecule has 0 spiro atoms. The molecule has 2 atom stereocenters. The first-order valence-corrected chi connectivity index (χ1v) is 7.37. The zero-order chi connectivity index (χ0) is 12.1. The second-order valence-corrected chi connectivity index (χ2v) is 6.00. The highest BCUT2D eigenvalue weighted by molar-refractivity contribution is 4.79. The molecule has 2 fully saturated rings. The van der Waals surface area contributed by atoms with Crippen LogP contribution in [0.4, 0.5) is 0 Å². The maximum absolute atomic E-state index is 5.52. The largest absolute Gasteiger partial charge is 0.381 e. The molecular formula is C15H28O2. The van der Waals surface area contributed by atoms with Gasteiger partial charge in [0.1, 0.15) is 0 Å². The lowest BCUT2D eigenvalue weighted by molar-refractivity contribution is 0.0316. The minimum Gasteiger partial charge on any atom is -0.381 e. The van der Waals surface area contributed by atoms with E-state index in [1.54, 1.807) is 0 Å². The molecule has 0 aromatic heterocycles. The monoisotopic (exact) mass is 240 g/mol. The van der Waals surface area contributed by atoms with E-state index in [2.05, 4.69) is 0 Å². The molecule has 0 radical (unpaired) electrons. The molecule has 2 aliphatic rings. The first-order chi connectivity index (χ1) is 8.31. The summed E-state index contributed by atoms with van der Waals surface area (Å²) < 4.78 is 11.0. The van der Waals surface area contributed by atoms with E-state index in [9.17, 15) is 0 Å². The van der Waals surface area contributed by atoms with Crippen LogP contribution in [0.25, 0.3) is 0 Å². The molecule has 0 aliphatic heterocycles. The number of hydrogen-bond acceptors (Lipinski definition) is 2. The summed E-state index contributed by atoms with van der Waals surface area (Å²) in [6.07, 6.45) is 13.2. The first kappa shape index (κ1) is 13.4. The second kappa shape index (κ2) is 6.75. The number of rotatable bonds is 4. The fourth-order valence-electron chi connectivity index (χ4n) is 3.74. The molecule has 2 unspecified atom stereocenters. The molecular weight excluding hydrogens is 212 g/mol. The van der Waals surface area contributed by atoms with Crippen molar-refractivity contribution in [3.05, 3.63) is 0 Å². The van der Waals surface area contributed by atoms with Crippen molar-refractivity contribution in [1.82, 2.24) is 0 Å². The van der Waals surface area contributed by atoms with Crippen molar-refractivity contribution >= 4 is 0 Å². The van der Waals surface area contributed by atoms with E-state index in [4.69, 9.17) is 9.47 Å². The highest BCUT2D eigenvalue weighted by atomic mass is 16.5. The minimum absolute atomic E-state index is 0.545.